The normalized spacial score (nSPS) is 16.1. The third kappa shape index (κ3) is 3.96. The average molecular weight is 302 g/mol. The molecule has 0 aliphatic carbocycles. The Morgan fingerprint density at radius 3 is 2.55 bits per heavy atom. The Morgan fingerprint density at radius 2 is 2.05 bits per heavy atom. The average Bonchev–Trinajstić information content (AvgIpc) is 2.75. The van der Waals surface area contributed by atoms with Crippen LogP contribution in [0.1, 0.15) is 41.9 Å². The predicted molar refractivity (Wildman–Crippen MR) is 80.4 cm³/mol. The Labute approximate surface area is 126 Å². The number of hydrogen-bond donors (Lipinski definition) is 1. The molecule has 0 spiro atoms. The van der Waals surface area contributed by atoms with Gasteiger partial charge in [-0.3, -0.25) is 4.79 Å². The van der Waals surface area contributed by atoms with Crippen LogP contribution in [0.3, 0.4) is 0 Å². The molecular weight excluding hydrogens is 278 g/mol. The number of amides is 1. The molecule has 114 valence electrons. The number of oxazole rings is 1. The number of carbonyl (C=O) groups is 1. The van der Waals surface area contributed by atoms with Gasteiger partial charge in [-0.2, -0.15) is 0 Å². The van der Waals surface area contributed by atoms with E-state index in [1.54, 1.807) is 6.92 Å². The standard InChI is InChI=1S/C14H23N3O2.ClH/c1-4-15-9-12-5-7-17(8-6-12)14(18)13-10(2)16-11(3)19-13;/h12,15H,4-9H2,1-3H3;1H. The maximum absolute atomic E-state index is 12.3. The summed E-state index contributed by atoms with van der Waals surface area (Å²) >= 11 is 0. The number of hydrogen-bond acceptors (Lipinski definition) is 4. The molecular formula is C14H24ClN3O2. The summed E-state index contributed by atoms with van der Waals surface area (Å²) < 4.78 is 5.41. The zero-order valence-electron chi connectivity index (χ0n) is 12.4. The second-order valence-electron chi connectivity index (χ2n) is 5.19. The van der Waals surface area contributed by atoms with E-state index >= 15 is 0 Å². The summed E-state index contributed by atoms with van der Waals surface area (Å²) in [5, 5.41) is 3.37. The second kappa shape index (κ2) is 7.64. The number of halogens is 1. The number of carbonyl (C=O) groups excluding carboxylic acids is 1. The molecule has 6 heteroatoms. The molecule has 0 saturated carbocycles. The number of aryl methyl sites for hydroxylation is 2. The fraction of sp³-hybridized carbons (Fsp3) is 0.714. The SMILES string of the molecule is CCNCC1CCN(C(=O)c2oc(C)nc2C)CC1.Cl. The summed E-state index contributed by atoms with van der Waals surface area (Å²) in [6.45, 7) is 9.40. The molecule has 1 fully saturated rings. The van der Waals surface area contributed by atoms with Crippen LogP contribution in [0.25, 0.3) is 0 Å². The summed E-state index contributed by atoms with van der Waals surface area (Å²) in [4.78, 5) is 18.4. The van der Waals surface area contributed by atoms with Gasteiger partial charge >= 0.3 is 0 Å². The van der Waals surface area contributed by atoms with Gasteiger partial charge in [0, 0.05) is 20.0 Å². The Kier molecular flexibility index (Phi) is 6.49. The lowest BCUT2D eigenvalue weighted by atomic mass is 9.96. The Morgan fingerprint density at radius 1 is 1.40 bits per heavy atom. The molecule has 1 aliphatic heterocycles. The van der Waals surface area contributed by atoms with E-state index in [0.717, 1.165) is 39.0 Å². The van der Waals surface area contributed by atoms with Crippen molar-refractivity contribution in [1.29, 1.82) is 0 Å². The molecule has 1 N–H and O–H groups in total. The van der Waals surface area contributed by atoms with E-state index in [-0.39, 0.29) is 18.3 Å². The molecule has 5 nitrogen and oxygen atoms in total. The van der Waals surface area contributed by atoms with Crippen molar-refractivity contribution in [1.82, 2.24) is 15.2 Å². The topological polar surface area (TPSA) is 58.4 Å². The molecule has 0 unspecified atom stereocenters. The van der Waals surface area contributed by atoms with Gasteiger partial charge in [-0.15, -0.1) is 12.4 Å². The molecule has 20 heavy (non-hydrogen) atoms. The number of nitrogens with one attached hydrogen (secondary N) is 1. The van der Waals surface area contributed by atoms with Crippen LogP contribution in [0, 0.1) is 19.8 Å². The van der Waals surface area contributed by atoms with Crippen LogP contribution in [0.4, 0.5) is 0 Å². The summed E-state index contributed by atoms with van der Waals surface area (Å²) in [5.41, 5.74) is 0.692. The first-order valence-corrected chi connectivity index (χ1v) is 7.05. The van der Waals surface area contributed by atoms with Crippen molar-refractivity contribution in [3.8, 4) is 0 Å². The van der Waals surface area contributed by atoms with Gasteiger partial charge in [-0.1, -0.05) is 6.92 Å². The van der Waals surface area contributed by atoms with Crippen molar-refractivity contribution in [3.63, 3.8) is 0 Å². The zero-order chi connectivity index (χ0) is 13.8. The molecule has 0 atom stereocenters. The maximum atomic E-state index is 12.3. The Hall–Kier alpha value is -1.07. The van der Waals surface area contributed by atoms with Gasteiger partial charge in [0.25, 0.3) is 5.91 Å². The van der Waals surface area contributed by atoms with Crippen molar-refractivity contribution < 1.29 is 9.21 Å². The highest BCUT2D eigenvalue weighted by molar-refractivity contribution is 5.92. The first kappa shape index (κ1) is 17.0. The van der Waals surface area contributed by atoms with E-state index in [1.807, 2.05) is 11.8 Å². The van der Waals surface area contributed by atoms with Gasteiger partial charge in [0.2, 0.25) is 5.76 Å². The van der Waals surface area contributed by atoms with Crippen LogP contribution in [0.5, 0.6) is 0 Å². The lowest BCUT2D eigenvalue weighted by molar-refractivity contribution is 0.0656. The molecule has 0 aromatic carbocycles. The van der Waals surface area contributed by atoms with E-state index in [9.17, 15) is 4.79 Å². The van der Waals surface area contributed by atoms with Crippen LogP contribution < -0.4 is 5.32 Å². The minimum Gasteiger partial charge on any atom is -0.436 e. The van der Waals surface area contributed by atoms with Gasteiger partial charge in [0.15, 0.2) is 5.89 Å². The molecule has 1 aromatic rings. The zero-order valence-corrected chi connectivity index (χ0v) is 13.3. The number of rotatable bonds is 4. The fourth-order valence-corrected chi connectivity index (χ4v) is 2.56. The minimum atomic E-state index is -0.0139. The van der Waals surface area contributed by atoms with Gasteiger partial charge in [0.1, 0.15) is 0 Å². The van der Waals surface area contributed by atoms with Crippen molar-refractivity contribution in [2.24, 2.45) is 5.92 Å². The number of nitrogens with zero attached hydrogens (tertiary/aromatic N) is 2. The Balaban J connectivity index is 0.00000200. The third-order valence-corrected chi connectivity index (χ3v) is 3.68. The van der Waals surface area contributed by atoms with Crippen LogP contribution in [0.2, 0.25) is 0 Å². The Bertz CT molecular complexity index is 440. The molecule has 0 radical (unpaired) electrons. The minimum absolute atomic E-state index is 0. The lowest BCUT2D eigenvalue weighted by Crippen LogP contribution is -2.40. The van der Waals surface area contributed by atoms with Gasteiger partial charge in [-0.25, -0.2) is 4.98 Å². The summed E-state index contributed by atoms with van der Waals surface area (Å²) in [6, 6.07) is 0. The van der Waals surface area contributed by atoms with Gasteiger partial charge < -0.3 is 14.6 Å². The van der Waals surface area contributed by atoms with Crippen LogP contribution in [-0.4, -0.2) is 42.0 Å². The van der Waals surface area contributed by atoms with Crippen molar-refractivity contribution in [3.05, 3.63) is 17.3 Å². The smallest absolute Gasteiger partial charge is 0.291 e. The van der Waals surface area contributed by atoms with E-state index in [1.165, 1.54) is 0 Å². The summed E-state index contributed by atoms with van der Waals surface area (Å²) in [5.74, 6) is 1.63. The summed E-state index contributed by atoms with van der Waals surface area (Å²) in [7, 11) is 0. The molecule has 2 heterocycles. The number of piperidine rings is 1. The maximum Gasteiger partial charge on any atom is 0.291 e. The molecule has 1 amide bonds. The first-order valence-electron chi connectivity index (χ1n) is 7.05. The number of aromatic nitrogens is 1. The molecule has 1 saturated heterocycles. The van der Waals surface area contributed by atoms with Gasteiger partial charge in [0.05, 0.1) is 5.69 Å². The van der Waals surface area contributed by atoms with E-state index in [0.29, 0.717) is 23.3 Å². The quantitative estimate of drug-likeness (QED) is 0.926. The lowest BCUT2D eigenvalue weighted by Gasteiger charge is -2.31. The van der Waals surface area contributed by atoms with Crippen molar-refractivity contribution >= 4 is 18.3 Å². The monoisotopic (exact) mass is 301 g/mol. The first-order chi connectivity index (χ1) is 9.11. The van der Waals surface area contributed by atoms with E-state index < -0.39 is 0 Å². The highest BCUT2D eigenvalue weighted by Crippen LogP contribution is 2.20. The molecule has 1 aromatic heterocycles. The third-order valence-electron chi connectivity index (χ3n) is 3.68. The van der Waals surface area contributed by atoms with Crippen molar-refractivity contribution in [2.45, 2.75) is 33.6 Å². The largest absolute Gasteiger partial charge is 0.436 e. The second-order valence-corrected chi connectivity index (χ2v) is 5.19. The van der Waals surface area contributed by atoms with Gasteiger partial charge in [-0.05, 0) is 38.8 Å². The highest BCUT2D eigenvalue weighted by atomic mass is 35.5. The summed E-state index contributed by atoms with van der Waals surface area (Å²) in [6.07, 6.45) is 2.12. The molecule has 0 bridgehead atoms. The number of likely N-dealkylation sites (tertiary alicyclic amines) is 1. The molecule has 1 aliphatic rings. The predicted octanol–water partition coefficient (Wildman–Crippen LogP) is 2.17. The highest BCUT2D eigenvalue weighted by Gasteiger charge is 2.26. The van der Waals surface area contributed by atoms with E-state index in [2.05, 4.69) is 17.2 Å². The van der Waals surface area contributed by atoms with E-state index in [4.69, 9.17) is 4.42 Å². The van der Waals surface area contributed by atoms with Crippen molar-refractivity contribution in [2.75, 3.05) is 26.2 Å². The van der Waals surface area contributed by atoms with Crippen LogP contribution >= 0.6 is 12.4 Å². The van der Waals surface area contributed by atoms with Crippen LogP contribution in [0.15, 0.2) is 4.42 Å². The van der Waals surface area contributed by atoms with Crippen LogP contribution in [-0.2, 0) is 0 Å². The fourth-order valence-electron chi connectivity index (χ4n) is 2.56. The molecule has 2 rings (SSSR count).